The molecule has 0 spiro atoms. The van der Waals surface area contributed by atoms with Gasteiger partial charge in [0.25, 0.3) is 0 Å². The highest BCUT2D eigenvalue weighted by molar-refractivity contribution is 5.79. The predicted octanol–water partition coefficient (Wildman–Crippen LogP) is 5.09. The molecule has 1 aliphatic carbocycles. The maximum Gasteiger partial charge on any atom is 0.437 e. The molecular weight excluding hydrogens is 405 g/mol. The average Bonchev–Trinajstić information content (AvgIpc) is 2.74. The van der Waals surface area contributed by atoms with Crippen molar-refractivity contribution < 1.29 is 18.0 Å². The summed E-state index contributed by atoms with van der Waals surface area (Å²) in [4.78, 5) is 22.6. The summed E-state index contributed by atoms with van der Waals surface area (Å²) in [5.74, 6) is -0.250. The molecule has 8 heteroatoms. The number of fused-ring (bicyclic) bond motifs is 1. The van der Waals surface area contributed by atoms with E-state index in [4.69, 9.17) is 0 Å². The molecule has 0 radical (unpaired) electrons. The first-order valence-corrected chi connectivity index (χ1v) is 11.3. The zero-order valence-corrected chi connectivity index (χ0v) is 17.6. The number of benzene rings is 1. The second kappa shape index (κ2) is 9.40. The van der Waals surface area contributed by atoms with Crippen LogP contribution in [0.3, 0.4) is 0 Å². The predicted molar refractivity (Wildman–Crippen MR) is 114 cm³/mol. The van der Waals surface area contributed by atoms with Crippen LogP contribution in [-0.4, -0.2) is 35.0 Å². The molecule has 1 saturated heterocycles. The van der Waals surface area contributed by atoms with E-state index in [1.165, 1.54) is 25.3 Å². The Balaban J connectivity index is 1.43. The maximum atomic E-state index is 13.7. The van der Waals surface area contributed by atoms with Crippen molar-refractivity contribution in [2.75, 3.05) is 18.0 Å². The number of carbonyl (C=O) groups is 1. The fourth-order valence-corrected chi connectivity index (χ4v) is 4.67. The number of nitrogens with one attached hydrogen (secondary N) is 1. The number of anilines is 1. The van der Waals surface area contributed by atoms with E-state index in [1.54, 1.807) is 23.1 Å². The van der Waals surface area contributed by atoms with E-state index >= 15 is 0 Å². The zero-order chi connectivity index (χ0) is 21.8. The van der Waals surface area contributed by atoms with Gasteiger partial charge in [0.2, 0.25) is 5.91 Å². The summed E-state index contributed by atoms with van der Waals surface area (Å²) in [6.45, 7) is 0.720. The molecule has 1 aliphatic heterocycles. The van der Waals surface area contributed by atoms with E-state index in [0.29, 0.717) is 31.4 Å². The van der Waals surface area contributed by atoms with Gasteiger partial charge in [-0.2, -0.15) is 13.2 Å². The molecular formula is C23H29F3N4O. The van der Waals surface area contributed by atoms with Crippen molar-refractivity contribution in [3.05, 3.63) is 30.0 Å². The third kappa shape index (κ3) is 5.28. The van der Waals surface area contributed by atoms with Crippen LogP contribution < -0.4 is 10.2 Å². The molecule has 0 unspecified atom stereocenters. The maximum absolute atomic E-state index is 13.7. The number of para-hydroxylation sites is 2. The Kier molecular flexibility index (Phi) is 6.62. The summed E-state index contributed by atoms with van der Waals surface area (Å²) in [6.07, 6.45) is 4.50. The minimum absolute atomic E-state index is 0.0471. The molecule has 168 valence electrons. The first-order chi connectivity index (χ1) is 14.9. The number of carbonyl (C=O) groups excluding carboxylic acids is 1. The summed E-state index contributed by atoms with van der Waals surface area (Å²) in [5.41, 5.74) is -0.287. The number of hydrogen-bond acceptors (Lipinski definition) is 4. The molecule has 1 aromatic carbocycles. The lowest BCUT2D eigenvalue weighted by Crippen LogP contribution is -2.44. The Morgan fingerprint density at radius 1 is 0.903 bits per heavy atom. The van der Waals surface area contributed by atoms with Crippen LogP contribution in [0.2, 0.25) is 0 Å². The Morgan fingerprint density at radius 3 is 2.10 bits per heavy atom. The molecule has 0 bridgehead atoms. The van der Waals surface area contributed by atoms with Crippen LogP contribution in [0.1, 0.15) is 63.5 Å². The minimum Gasteiger partial charge on any atom is -0.355 e. The first kappa shape index (κ1) is 21.8. The molecule has 1 N–H and O–H groups in total. The highest BCUT2D eigenvalue weighted by Gasteiger charge is 2.39. The molecule has 5 nitrogen and oxygen atoms in total. The standard InChI is InChI=1S/C23H29F3N4O/c24-23(25,26)20-21(29-19-11-7-6-10-18(19)28-20)30-14-12-16(13-15-30)22(31)27-17-8-4-2-1-3-5-9-17/h6-7,10-11,16-17H,1-5,8-9,12-15H2,(H,27,31). The van der Waals surface area contributed by atoms with Gasteiger partial charge in [-0.15, -0.1) is 0 Å². The fraction of sp³-hybridized carbons (Fsp3) is 0.609. The molecule has 2 heterocycles. The Hall–Kier alpha value is -2.38. The lowest BCUT2D eigenvalue weighted by atomic mass is 9.93. The summed E-state index contributed by atoms with van der Waals surface area (Å²) >= 11 is 0. The van der Waals surface area contributed by atoms with Crippen molar-refractivity contribution in [3.63, 3.8) is 0 Å². The number of alkyl halides is 3. The van der Waals surface area contributed by atoms with Crippen LogP contribution in [0.4, 0.5) is 19.0 Å². The number of aromatic nitrogens is 2. The largest absolute Gasteiger partial charge is 0.437 e. The van der Waals surface area contributed by atoms with E-state index < -0.39 is 11.9 Å². The first-order valence-electron chi connectivity index (χ1n) is 11.3. The zero-order valence-electron chi connectivity index (χ0n) is 17.6. The van der Waals surface area contributed by atoms with Gasteiger partial charge in [0.15, 0.2) is 11.5 Å². The van der Waals surface area contributed by atoms with Gasteiger partial charge in [-0.25, -0.2) is 9.97 Å². The normalized spacial score (nSPS) is 19.8. The lowest BCUT2D eigenvalue weighted by molar-refractivity contribution is -0.140. The van der Waals surface area contributed by atoms with E-state index in [0.717, 1.165) is 25.7 Å². The summed E-state index contributed by atoms with van der Waals surface area (Å²) in [5, 5.41) is 3.21. The smallest absolute Gasteiger partial charge is 0.355 e. The molecule has 31 heavy (non-hydrogen) atoms. The van der Waals surface area contributed by atoms with Crippen LogP contribution in [0.25, 0.3) is 11.0 Å². The van der Waals surface area contributed by atoms with E-state index in [9.17, 15) is 18.0 Å². The van der Waals surface area contributed by atoms with Crippen molar-refractivity contribution in [1.82, 2.24) is 15.3 Å². The van der Waals surface area contributed by atoms with Gasteiger partial charge in [-0.05, 0) is 37.8 Å². The molecule has 2 aromatic rings. The van der Waals surface area contributed by atoms with Gasteiger partial charge in [0.1, 0.15) is 0 Å². The van der Waals surface area contributed by atoms with Gasteiger partial charge in [0.05, 0.1) is 11.0 Å². The fourth-order valence-electron chi connectivity index (χ4n) is 4.67. The van der Waals surface area contributed by atoms with Crippen LogP contribution in [0.5, 0.6) is 0 Å². The molecule has 1 aromatic heterocycles. The van der Waals surface area contributed by atoms with E-state index in [2.05, 4.69) is 15.3 Å². The quantitative estimate of drug-likeness (QED) is 0.731. The lowest BCUT2D eigenvalue weighted by Gasteiger charge is -2.34. The number of piperidine rings is 1. The van der Waals surface area contributed by atoms with Gasteiger partial charge in [0, 0.05) is 25.0 Å². The van der Waals surface area contributed by atoms with Gasteiger partial charge in [-0.1, -0.05) is 44.2 Å². The highest BCUT2D eigenvalue weighted by atomic mass is 19.4. The summed E-state index contributed by atoms with van der Waals surface area (Å²) < 4.78 is 41.0. The van der Waals surface area contributed by atoms with Gasteiger partial charge in [-0.3, -0.25) is 4.79 Å². The van der Waals surface area contributed by atoms with Crippen LogP contribution in [0, 0.1) is 5.92 Å². The Bertz CT molecular complexity index is 901. The molecule has 2 aliphatic rings. The number of rotatable bonds is 3. The molecule has 4 rings (SSSR count). The molecule has 1 saturated carbocycles. The molecule has 2 fully saturated rings. The van der Waals surface area contributed by atoms with Crippen molar-refractivity contribution in [2.24, 2.45) is 5.92 Å². The average molecular weight is 435 g/mol. The van der Waals surface area contributed by atoms with Crippen LogP contribution >= 0.6 is 0 Å². The molecule has 1 amide bonds. The topological polar surface area (TPSA) is 58.1 Å². The van der Waals surface area contributed by atoms with Crippen molar-refractivity contribution in [3.8, 4) is 0 Å². The van der Waals surface area contributed by atoms with Crippen LogP contribution in [-0.2, 0) is 11.0 Å². The van der Waals surface area contributed by atoms with Gasteiger partial charge >= 0.3 is 6.18 Å². The number of halogens is 3. The van der Waals surface area contributed by atoms with E-state index in [1.807, 2.05) is 0 Å². The SMILES string of the molecule is O=C(NC1CCCCCCC1)C1CCN(c2nc3ccccc3nc2C(F)(F)F)CC1. The monoisotopic (exact) mass is 434 g/mol. The number of amides is 1. The Labute approximate surface area is 180 Å². The summed E-state index contributed by atoms with van der Waals surface area (Å²) in [7, 11) is 0. The van der Waals surface area contributed by atoms with E-state index in [-0.39, 0.29) is 29.2 Å². The van der Waals surface area contributed by atoms with Crippen molar-refractivity contribution >= 4 is 22.8 Å². The minimum atomic E-state index is -4.58. The van der Waals surface area contributed by atoms with Crippen molar-refractivity contribution in [2.45, 2.75) is 70.0 Å². The second-order valence-corrected chi connectivity index (χ2v) is 8.69. The van der Waals surface area contributed by atoms with Gasteiger partial charge < -0.3 is 10.2 Å². The van der Waals surface area contributed by atoms with Crippen molar-refractivity contribution in [1.29, 1.82) is 0 Å². The molecule has 0 atom stereocenters. The number of nitrogens with zero attached hydrogens (tertiary/aromatic N) is 3. The second-order valence-electron chi connectivity index (χ2n) is 8.69. The third-order valence-corrected chi connectivity index (χ3v) is 6.44. The van der Waals surface area contributed by atoms with Crippen LogP contribution in [0.15, 0.2) is 24.3 Å². The Morgan fingerprint density at radius 2 is 1.48 bits per heavy atom. The third-order valence-electron chi connectivity index (χ3n) is 6.44. The number of hydrogen-bond donors (Lipinski definition) is 1. The highest BCUT2D eigenvalue weighted by Crippen LogP contribution is 2.36. The summed E-state index contributed by atoms with van der Waals surface area (Å²) in [6, 6.07) is 6.82.